The predicted molar refractivity (Wildman–Crippen MR) is 134 cm³/mol. The number of amides is 1. The molecule has 0 aromatic heterocycles. The minimum Gasteiger partial charge on any atom is -0.371 e. The maximum atomic E-state index is 13.3. The lowest BCUT2D eigenvalue weighted by Crippen LogP contribution is -2.51. The van der Waals surface area contributed by atoms with Gasteiger partial charge in [-0.25, -0.2) is 16.8 Å². The van der Waals surface area contributed by atoms with E-state index in [1.165, 1.54) is 48.5 Å². The number of rotatable bonds is 12. The van der Waals surface area contributed by atoms with Crippen LogP contribution in [0.2, 0.25) is 0 Å². The molecule has 0 aliphatic carbocycles. The van der Waals surface area contributed by atoms with Crippen LogP contribution in [0.15, 0.2) is 58.3 Å². The number of alkyl halides is 3. The molecule has 0 heterocycles. The predicted octanol–water partition coefficient (Wildman–Crippen LogP) is 1.74. The van der Waals surface area contributed by atoms with E-state index in [1.807, 2.05) is 0 Å². The summed E-state index contributed by atoms with van der Waals surface area (Å²) >= 11 is 11.2. The average Bonchev–Trinajstić information content (AvgIpc) is 2.78. The number of benzene rings is 2. The highest BCUT2D eigenvalue weighted by atomic mass is 35.5. The van der Waals surface area contributed by atoms with Crippen molar-refractivity contribution in [3.8, 4) is 0 Å². The van der Waals surface area contributed by atoms with Gasteiger partial charge in [-0.15, -0.1) is 0 Å². The zero-order chi connectivity index (χ0) is 27.4. The van der Waals surface area contributed by atoms with E-state index in [9.17, 15) is 36.2 Å². The summed E-state index contributed by atoms with van der Waals surface area (Å²) in [5.41, 5.74) is -3.75. The second-order valence-electron chi connectivity index (χ2n) is 8.22. The van der Waals surface area contributed by atoms with Gasteiger partial charge in [-0.05, 0) is 29.8 Å². The van der Waals surface area contributed by atoms with Crippen molar-refractivity contribution < 1.29 is 36.2 Å². The molecule has 0 saturated heterocycles. The Kier molecular flexibility index (Phi) is 9.90. The van der Waals surface area contributed by atoms with Gasteiger partial charge in [-0.2, -0.15) is 0 Å². The maximum absolute atomic E-state index is 13.3. The summed E-state index contributed by atoms with van der Waals surface area (Å²) in [7, 11) is -7.00. The zero-order valence-corrected chi connectivity index (χ0v) is 22.6. The molecule has 14 heteroatoms. The third kappa shape index (κ3) is 7.85. The number of nitrogens with one attached hydrogen (secondary N) is 2. The van der Waals surface area contributed by atoms with Crippen LogP contribution in [0.4, 0.5) is 4.39 Å². The summed E-state index contributed by atoms with van der Waals surface area (Å²) in [6, 6.07) is 10.3. The first-order chi connectivity index (χ1) is 16.5. The smallest absolute Gasteiger partial charge is 0.255 e. The number of carbonyl (C=O) groups excluding carboxylic acids is 1. The van der Waals surface area contributed by atoms with Crippen LogP contribution in [0.25, 0.3) is 0 Å². The molecule has 36 heavy (non-hydrogen) atoms. The molecule has 0 bridgehead atoms. The normalized spacial score (nSPS) is 15.8. The first kappa shape index (κ1) is 30.4. The van der Waals surface area contributed by atoms with Crippen molar-refractivity contribution in [2.24, 2.45) is 0 Å². The molecule has 0 saturated carbocycles. The van der Waals surface area contributed by atoms with E-state index in [4.69, 9.17) is 23.2 Å². The molecular formula is C22H27Cl2FN2O7S2. The van der Waals surface area contributed by atoms with E-state index < -0.39 is 55.0 Å². The van der Waals surface area contributed by atoms with Crippen LogP contribution in [-0.4, -0.2) is 63.5 Å². The fourth-order valence-electron chi connectivity index (χ4n) is 3.41. The lowest BCUT2D eigenvalue weighted by molar-refractivity contribution is -0.128. The Balaban J connectivity index is 2.31. The maximum Gasteiger partial charge on any atom is 0.255 e. The molecule has 2 aromatic rings. The molecule has 0 aliphatic heterocycles. The Morgan fingerprint density at radius 3 is 1.64 bits per heavy atom. The molecule has 0 fully saturated rings. The second kappa shape index (κ2) is 11.7. The van der Waals surface area contributed by atoms with Crippen LogP contribution in [0, 0.1) is 0 Å². The average molecular weight is 586 g/mol. The molecule has 0 spiro atoms. The van der Waals surface area contributed by atoms with Gasteiger partial charge in [-0.1, -0.05) is 47.5 Å². The number of aliphatic hydroxyl groups is 2. The van der Waals surface area contributed by atoms with Crippen molar-refractivity contribution >= 4 is 48.8 Å². The summed E-state index contributed by atoms with van der Waals surface area (Å²) in [6.45, 7) is -1.12. The van der Waals surface area contributed by atoms with Gasteiger partial charge >= 0.3 is 0 Å². The van der Waals surface area contributed by atoms with Crippen LogP contribution in [0.5, 0.6) is 0 Å². The minimum absolute atomic E-state index is 0.0134. The Morgan fingerprint density at radius 1 is 0.861 bits per heavy atom. The lowest BCUT2D eigenvalue weighted by Gasteiger charge is -2.34. The summed E-state index contributed by atoms with van der Waals surface area (Å²) in [4.78, 5) is 10.6. The monoisotopic (exact) mass is 584 g/mol. The van der Waals surface area contributed by atoms with E-state index in [-0.39, 0.29) is 33.9 Å². The summed E-state index contributed by atoms with van der Waals surface area (Å²) in [6.07, 6.45) is 1.36. The topological polar surface area (TPSA) is 150 Å². The van der Waals surface area contributed by atoms with Crippen LogP contribution in [-0.2, 0) is 35.9 Å². The first-order valence-electron chi connectivity index (χ1n) is 10.5. The van der Waals surface area contributed by atoms with Gasteiger partial charge in [0.25, 0.3) is 5.91 Å². The fourth-order valence-corrected chi connectivity index (χ4v) is 4.78. The first-order valence-corrected chi connectivity index (χ1v) is 15.1. The Bertz CT molecular complexity index is 1270. The van der Waals surface area contributed by atoms with Crippen molar-refractivity contribution in [3.05, 3.63) is 59.7 Å². The zero-order valence-electron chi connectivity index (χ0n) is 19.4. The van der Waals surface area contributed by atoms with Crippen molar-refractivity contribution in [3.63, 3.8) is 0 Å². The van der Waals surface area contributed by atoms with E-state index in [1.54, 1.807) is 0 Å². The molecule has 2 aromatic carbocycles. The molecule has 0 radical (unpaired) electrons. The second-order valence-corrected chi connectivity index (χ2v) is 13.3. The number of carbonyl (C=O) groups is 1. The highest BCUT2D eigenvalue weighted by molar-refractivity contribution is 7.91. The van der Waals surface area contributed by atoms with E-state index >= 15 is 0 Å². The Hall–Kier alpha value is -1.80. The molecule has 4 N–H and O–H groups in total. The Labute approximate surface area is 219 Å². The molecule has 2 unspecified atom stereocenters. The fraction of sp³-hybridized carbons (Fsp3) is 0.409. The van der Waals surface area contributed by atoms with Crippen LogP contribution in [0.3, 0.4) is 0 Å². The number of sulfone groups is 2. The Morgan fingerprint density at radius 2 is 1.28 bits per heavy atom. The molecule has 1 amide bonds. The summed E-state index contributed by atoms with van der Waals surface area (Å²) in [5, 5.41) is 27.3. The molecule has 2 rings (SSSR count). The van der Waals surface area contributed by atoms with Gasteiger partial charge in [0.2, 0.25) is 0 Å². The van der Waals surface area contributed by atoms with Gasteiger partial charge in [-0.3, -0.25) is 14.5 Å². The van der Waals surface area contributed by atoms with Crippen molar-refractivity contribution in [1.82, 2.24) is 10.6 Å². The SMILES string of the molecule is CS(=O)(=O)c1ccc(C(O)(CCF)NCCC(O)(NC(=O)C(Cl)Cl)c2ccc(S(C)(=O)=O)cc2)cc1. The molecular weight excluding hydrogens is 558 g/mol. The van der Waals surface area contributed by atoms with E-state index in [0.29, 0.717) is 0 Å². The molecule has 2 atom stereocenters. The van der Waals surface area contributed by atoms with Crippen LogP contribution >= 0.6 is 23.2 Å². The van der Waals surface area contributed by atoms with E-state index in [0.717, 1.165) is 12.5 Å². The summed E-state index contributed by atoms with van der Waals surface area (Å²) < 4.78 is 60.2. The summed E-state index contributed by atoms with van der Waals surface area (Å²) in [5.74, 6) is -0.927. The van der Waals surface area contributed by atoms with Crippen LogP contribution in [0.1, 0.15) is 24.0 Å². The minimum atomic E-state index is -3.52. The van der Waals surface area contributed by atoms with Gasteiger partial charge in [0.15, 0.2) is 30.2 Å². The largest absolute Gasteiger partial charge is 0.371 e. The number of hydrogen-bond acceptors (Lipinski definition) is 8. The highest BCUT2D eigenvalue weighted by Gasteiger charge is 2.35. The number of hydrogen-bond donors (Lipinski definition) is 4. The van der Waals surface area contributed by atoms with E-state index in [2.05, 4.69) is 10.6 Å². The standard InChI is InChI=1S/C22H27Cl2FN2O7S2/c1-35(31,32)17-7-3-15(4-8-17)21(29,11-13-25)26-14-12-22(30,27-20(28)19(23)24)16-5-9-18(10-6-16)36(2,33)34/h3-10,19,26,29-30H,11-14H2,1-2H3,(H,27,28). The highest BCUT2D eigenvalue weighted by Crippen LogP contribution is 2.27. The third-order valence-electron chi connectivity index (χ3n) is 5.41. The van der Waals surface area contributed by atoms with Crippen molar-refractivity contribution in [1.29, 1.82) is 0 Å². The van der Waals surface area contributed by atoms with Crippen molar-refractivity contribution in [2.45, 2.75) is 38.9 Å². The quantitative estimate of drug-likeness (QED) is 0.217. The van der Waals surface area contributed by atoms with Crippen molar-refractivity contribution in [2.75, 3.05) is 25.7 Å². The van der Waals surface area contributed by atoms with Gasteiger partial charge in [0.05, 0.1) is 16.5 Å². The van der Waals surface area contributed by atoms with Crippen LogP contribution < -0.4 is 10.6 Å². The molecule has 9 nitrogen and oxygen atoms in total. The van der Waals surface area contributed by atoms with Gasteiger partial charge in [0, 0.05) is 37.5 Å². The lowest BCUT2D eigenvalue weighted by atomic mass is 9.96. The third-order valence-corrected chi connectivity index (χ3v) is 8.06. The number of halogens is 3. The molecule has 200 valence electrons. The van der Waals surface area contributed by atoms with Gasteiger partial charge in [0.1, 0.15) is 5.72 Å². The molecule has 0 aliphatic rings. The van der Waals surface area contributed by atoms with Gasteiger partial charge < -0.3 is 15.5 Å².